The van der Waals surface area contributed by atoms with E-state index >= 15 is 0 Å². The lowest BCUT2D eigenvalue weighted by Crippen LogP contribution is -2.50. The Morgan fingerprint density at radius 2 is 2.05 bits per heavy atom. The van der Waals surface area contributed by atoms with Gasteiger partial charge in [-0.05, 0) is 13.8 Å². The SMILES string of the molecule is C=CN(C(=O)NC(=O)CF)[C@@H]1O[C@H](CO)C2OC(C)(C)OC21. The van der Waals surface area contributed by atoms with Crippen LogP contribution < -0.4 is 5.32 Å². The van der Waals surface area contributed by atoms with Crippen molar-refractivity contribution < 1.29 is 33.3 Å². The summed E-state index contributed by atoms with van der Waals surface area (Å²) in [6.07, 6.45) is -1.75. The van der Waals surface area contributed by atoms with Crippen molar-refractivity contribution in [3.8, 4) is 0 Å². The molecule has 2 N–H and O–H groups in total. The van der Waals surface area contributed by atoms with Crippen molar-refractivity contribution in [1.29, 1.82) is 0 Å². The van der Waals surface area contributed by atoms with Gasteiger partial charge in [-0.1, -0.05) is 6.58 Å². The van der Waals surface area contributed by atoms with Gasteiger partial charge in [-0.2, -0.15) is 0 Å². The van der Waals surface area contributed by atoms with Crippen molar-refractivity contribution in [2.75, 3.05) is 13.3 Å². The number of carbonyl (C=O) groups excluding carboxylic acids is 2. The Hall–Kier alpha value is -1.55. The fourth-order valence-electron chi connectivity index (χ4n) is 2.55. The van der Waals surface area contributed by atoms with Gasteiger partial charge in [0, 0.05) is 6.20 Å². The topological polar surface area (TPSA) is 97.3 Å². The third-order valence-corrected chi connectivity index (χ3v) is 3.38. The summed E-state index contributed by atoms with van der Waals surface area (Å²) in [5.41, 5.74) is 0. The molecule has 124 valence electrons. The normalized spacial score (nSPS) is 32.4. The third-order valence-electron chi connectivity index (χ3n) is 3.38. The van der Waals surface area contributed by atoms with Crippen molar-refractivity contribution in [3.63, 3.8) is 0 Å². The van der Waals surface area contributed by atoms with Gasteiger partial charge in [0.15, 0.2) is 18.7 Å². The Labute approximate surface area is 126 Å². The molecule has 0 aliphatic carbocycles. The number of nitrogens with one attached hydrogen (secondary N) is 1. The molecule has 3 amide bonds. The number of hydrogen-bond acceptors (Lipinski definition) is 6. The number of carbonyl (C=O) groups is 2. The van der Waals surface area contributed by atoms with Crippen LogP contribution in [0.1, 0.15) is 13.8 Å². The quantitative estimate of drug-likeness (QED) is 0.750. The first-order chi connectivity index (χ1) is 10.3. The monoisotopic (exact) mass is 318 g/mol. The molecule has 9 heteroatoms. The van der Waals surface area contributed by atoms with Crippen LogP contribution in [0.4, 0.5) is 9.18 Å². The molecular weight excluding hydrogens is 299 g/mol. The Morgan fingerprint density at radius 3 is 2.59 bits per heavy atom. The molecule has 4 atom stereocenters. The van der Waals surface area contributed by atoms with E-state index < -0.39 is 48.9 Å². The average Bonchev–Trinajstić information content (AvgIpc) is 2.93. The molecule has 0 aromatic heterocycles. The Morgan fingerprint density at radius 1 is 1.41 bits per heavy atom. The van der Waals surface area contributed by atoms with Gasteiger partial charge in [-0.25, -0.2) is 9.18 Å². The first kappa shape index (κ1) is 16.8. The van der Waals surface area contributed by atoms with Crippen molar-refractivity contribution >= 4 is 11.9 Å². The van der Waals surface area contributed by atoms with Crippen molar-refractivity contribution in [2.24, 2.45) is 0 Å². The second-order valence-corrected chi connectivity index (χ2v) is 5.39. The highest BCUT2D eigenvalue weighted by Crippen LogP contribution is 2.39. The van der Waals surface area contributed by atoms with Crippen LogP contribution in [0.25, 0.3) is 0 Å². The van der Waals surface area contributed by atoms with Crippen LogP contribution in [0.15, 0.2) is 12.8 Å². The molecule has 2 saturated heterocycles. The van der Waals surface area contributed by atoms with E-state index in [9.17, 15) is 19.1 Å². The lowest BCUT2D eigenvalue weighted by Gasteiger charge is -2.29. The molecule has 2 aliphatic heterocycles. The van der Waals surface area contributed by atoms with E-state index in [1.807, 2.05) is 5.32 Å². The lowest BCUT2D eigenvalue weighted by molar-refractivity contribution is -0.201. The van der Waals surface area contributed by atoms with E-state index in [-0.39, 0.29) is 6.61 Å². The second-order valence-electron chi connectivity index (χ2n) is 5.39. The summed E-state index contributed by atoms with van der Waals surface area (Å²) in [5, 5.41) is 11.2. The summed E-state index contributed by atoms with van der Waals surface area (Å²) in [6.45, 7) is 5.23. The van der Waals surface area contributed by atoms with Crippen molar-refractivity contribution in [2.45, 2.75) is 44.2 Å². The molecule has 0 spiro atoms. The predicted octanol–water partition coefficient (Wildman–Crippen LogP) is -0.125. The van der Waals surface area contributed by atoms with E-state index in [0.717, 1.165) is 11.1 Å². The first-order valence-electron chi connectivity index (χ1n) is 6.75. The van der Waals surface area contributed by atoms with Crippen LogP contribution in [0.5, 0.6) is 0 Å². The summed E-state index contributed by atoms with van der Waals surface area (Å²) in [7, 11) is 0. The number of amides is 3. The molecule has 0 radical (unpaired) electrons. The van der Waals surface area contributed by atoms with Gasteiger partial charge in [0.05, 0.1) is 6.61 Å². The molecule has 22 heavy (non-hydrogen) atoms. The van der Waals surface area contributed by atoms with E-state index in [1.165, 1.54) is 0 Å². The fourth-order valence-corrected chi connectivity index (χ4v) is 2.55. The number of fused-ring (bicyclic) bond motifs is 1. The van der Waals surface area contributed by atoms with Crippen LogP contribution >= 0.6 is 0 Å². The highest BCUT2D eigenvalue weighted by molar-refractivity contribution is 5.95. The minimum absolute atomic E-state index is 0.326. The Bertz CT molecular complexity index is 471. The molecule has 2 rings (SSSR count). The zero-order chi connectivity index (χ0) is 16.5. The molecule has 0 aromatic rings. The highest BCUT2D eigenvalue weighted by atomic mass is 19.1. The molecular formula is C13H19FN2O6. The van der Waals surface area contributed by atoms with Crippen molar-refractivity contribution in [1.82, 2.24) is 10.2 Å². The maximum atomic E-state index is 12.2. The molecule has 2 aliphatic rings. The first-order valence-corrected chi connectivity index (χ1v) is 6.75. The van der Waals surface area contributed by atoms with Crippen molar-refractivity contribution in [3.05, 3.63) is 12.8 Å². The summed E-state index contributed by atoms with van der Waals surface area (Å²) in [5.74, 6) is -1.97. The minimum atomic E-state index is -1.32. The lowest BCUT2D eigenvalue weighted by atomic mass is 10.1. The van der Waals surface area contributed by atoms with Gasteiger partial charge in [-0.3, -0.25) is 15.0 Å². The van der Waals surface area contributed by atoms with Gasteiger partial charge in [0.1, 0.15) is 18.3 Å². The molecule has 2 heterocycles. The predicted molar refractivity (Wildman–Crippen MR) is 71.1 cm³/mol. The van der Waals surface area contributed by atoms with Crippen LogP contribution in [0.3, 0.4) is 0 Å². The summed E-state index contributed by atoms with van der Waals surface area (Å²) in [4.78, 5) is 24.0. The minimum Gasteiger partial charge on any atom is -0.394 e. The number of aliphatic hydroxyl groups excluding tert-OH is 1. The van der Waals surface area contributed by atoms with Gasteiger partial charge >= 0.3 is 6.03 Å². The fraction of sp³-hybridized carbons (Fsp3) is 0.692. The van der Waals surface area contributed by atoms with E-state index in [2.05, 4.69) is 6.58 Å². The summed E-state index contributed by atoms with van der Waals surface area (Å²) >= 11 is 0. The Kier molecular flexibility index (Phi) is 4.81. The maximum absolute atomic E-state index is 12.2. The summed E-state index contributed by atoms with van der Waals surface area (Å²) in [6, 6.07) is -0.895. The smallest absolute Gasteiger partial charge is 0.330 e. The number of rotatable bonds is 4. The molecule has 0 saturated carbocycles. The maximum Gasteiger partial charge on any atom is 0.330 e. The van der Waals surface area contributed by atoms with Crippen LogP contribution in [0, 0.1) is 0 Å². The van der Waals surface area contributed by atoms with Crippen LogP contribution in [-0.4, -0.2) is 65.6 Å². The van der Waals surface area contributed by atoms with E-state index in [0.29, 0.717) is 0 Å². The van der Waals surface area contributed by atoms with Crippen LogP contribution in [0.2, 0.25) is 0 Å². The third kappa shape index (κ3) is 3.12. The number of imide groups is 1. The number of urea groups is 1. The van der Waals surface area contributed by atoms with Crippen LogP contribution in [-0.2, 0) is 19.0 Å². The molecule has 8 nitrogen and oxygen atoms in total. The molecule has 2 unspecified atom stereocenters. The molecule has 0 aromatic carbocycles. The van der Waals surface area contributed by atoms with E-state index in [1.54, 1.807) is 13.8 Å². The van der Waals surface area contributed by atoms with E-state index in [4.69, 9.17) is 14.2 Å². The number of nitrogens with zero attached hydrogens (tertiary/aromatic N) is 1. The van der Waals surface area contributed by atoms with Gasteiger partial charge in [0.2, 0.25) is 0 Å². The van der Waals surface area contributed by atoms with Gasteiger partial charge in [0.25, 0.3) is 5.91 Å². The average molecular weight is 318 g/mol. The number of ether oxygens (including phenoxy) is 3. The Balaban J connectivity index is 2.17. The zero-order valence-corrected chi connectivity index (χ0v) is 12.3. The highest BCUT2D eigenvalue weighted by Gasteiger charge is 2.57. The number of halogens is 1. The standard InChI is InChI=1S/C13H19FN2O6/c1-4-16(12(19)15-8(18)5-14)11-10-9(7(6-17)20-11)21-13(2,3)22-10/h4,7,9-11,17H,1,5-6H2,2-3H3,(H,15,18,19)/t7-,9?,10?,11-/m1/s1. The zero-order valence-electron chi connectivity index (χ0n) is 12.3. The molecule has 0 bridgehead atoms. The molecule has 2 fully saturated rings. The summed E-state index contributed by atoms with van der Waals surface area (Å²) < 4.78 is 29.1. The number of alkyl halides is 1. The second kappa shape index (κ2) is 6.29. The van der Waals surface area contributed by atoms with Gasteiger partial charge in [-0.15, -0.1) is 0 Å². The van der Waals surface area contributed by atoms with Gasteiger partial charge < -0.3 is 19.3 Å². The largest absolute Gasteiger partial charge is 0.394 e. The number of hydrogen-bond donors (Lipinski definition) is 2. The number of aliphatic hydroxyl groups is 1.